The van der Waals surface area contributed by atoms with Gasteiger partial charge in [0, 0.05) is 22.7 Å². The predicted octanol–water partition coefficient (Wildman–Crippen LogP) is 2.02. The molecule has 0 aromatic heterocycles. The fourth-order valence-electron chi connectivity index (χ4n) is 1.32. The first-order valence-corrected chi connectivity index (χ1v) is 4.83. The number of hydrogen-bond acceptors (Lipinski definition) is 4. The Morgan fingerprint density at radius 1 is 1.50 bits per heavy atom. The van der Waals surface area contributed by atoms with Crippen molar-refractivity contribution in [2.75, 3.05) is 6.54 Å². The van der Waals surface area contributed by atoms with Gasteiger partial charge in [0.1, 0.15) is 0 Å². The lowest BCUT2D eigenvalue weighted by Crippen LogP contribution is -2.16. The summed E-state index contributed by atoms with van der Waals surface area (Å²) in [7, 11) is 0. The van der Waals surface area contributed by atoms with Gasteiger partial charge in [0.2, 0.25) is 0 Å². The summed E-state index contributed by atoms with van der Waals surface area (Å²) < 4.78 is 0. The molecule has 0 saturated carbocycles. The molecular formula is C9H13Cl2N3O2. The first kappa shape index (κ1) is 15.1. The van der Waals surface area contributed by atoms with Crippen LogP contribution in [0.2, 0.25) is 5.02 Å². The van der Waals surface area contributed by atoms with Crippen molar-refractivity contribution in [3.63, 3.8) is 0 Å². The molecule has 0 fully saturated rings. The van der Waals surface area contributed by atoms with Crippen LogP contribution < -0.4 is 11.5 Å². The van der Waals surface area contributed by atoms with E-state index in [1.807, 2.05) is 0 Å². The van der Waals surface area contributed by atoms with Crippen molar-refractivity contribution in [2.24, 2.45) is 11.5 Å². The summed E-state index contributed by atoms with van der Waals surface area (Å²) in [6.45, 7) is 0.380. The molecule has 16 heavy (non-hydrogen) atoms. The summed E-state index contributed by atoms with van der Waals surface area (Å²) in [6, 6.07) is 3.89. The standard InChI is InChI=1S/C9H12ClN3O2.ClH/c10-6-1-2-9(13(14)15)7(5-6)8(12)3-4-11;/h1-2,5,8H,3-4,11-12H2;1H/t8-;/m1./s1. The molecule has 1 atom stereocenters. The summed E-state index contributed by atoms with van der Waals surface area (Å²) in [5.74, 6) is 0. The highest BCUT2D eigenvalue weighted by Crippen LogP contribution is 2.28. The Hall–Kier alpha value is -0.880. The molecule has 5 nitrogen and oxygen atoms in total. The maximum absolute atomic E-state index is 10.7. The topological polar surface area (TPSA) is 95.2 Å². The number of halogens is 2. The van der Waals surface area contributed by atoms with Gasteiger partial charge in [-0.1, -0.05) is 11.6 Å². The lowest BCUT2D eigenvalue weighted by Gasteiger charge is -2.11. The van der Waals surface area contributed by atoms with E-state index >= 15 is 0 Å². The van der Waals surface area contributed by atoms with Gasteiger partial charge in [-0.2, -0.15) is 0 Å². The molecule has 0 unspecified atom stereocenters. The Kier molecular flexibility index (Phi) is 6.28. The van der Waals surface area contributed by atoms with Crippen molar-refractivity contribution >= 4 is 29.7 Å². The molecule has 0 spiro atoms. The van der Waals surface area contributed by atoms with Gasteiger partial charge in [-0.3, -0.25) is 10.1 Å². The van der Waals surface area contributed by atoms with E-state index in [2.05, 4.69) is 0 Å². The summed E-state index contributed by atoms with van der Waals surface area (Å²) >= 11 is 5.76. The quantitative estimate of drug-likeness (QED) is 0.643. The van der Waals surface area contributed by atoms with Crippen LogP contribution in [-0.4, -0.2) is 11.5 Å². The first-order valence-electron chi connectivity index (χ1n) is 4.45. The summed E-state index contributed by atoms with van der Waals surface area (Å²) in [5.41, 5.74) is 11.5. The van der Waals surface area contributed by atoms with Crippen LogP contribution in [0, 0.1) is 10.1 Å². The molecule has 0 aliphatic heterocycles. The molecule has 1 aromatic carbocycles. The third-order valence-electron chi connectivity index (χ3n) is 2.06. The minimum Gasteiger partial charge on any atom is -0.330 e. The molecule has 4 N–H and O–H groups in total. The van der Waals surface area contributed by atoms with Crippen molar-refractivity contribution in [2.45, 2.75) is 12.5 Å². The number of hydrogen-bond donors (Lipinski definition) is 2. The van der Waals surface area contributed by atoms with E-state index in [-0.39, 0.29) is 18.1 Å². The van der Waals surface area contributed by atoms with Gasteiger partial charge in [-0.15, -0.1) is 12.4 Å². The Morgan fingerprint density at radius 3 is 2.62 bits per heavy atom. The molecule has 1 aromatic rings. The van der Waals surface area contributed by atoms with Gasteiger partial charge < -0.3 is 11.5 Å². The van der Waals surface area contributed by atoms with Crippen LogP contribution in [0.5, 0.6) is 0 Å². The Morgan fingerprint density at radius 2 is 2.12 bits per heavy atom. The van der Waals surface area contributed by atoms with Crippen LogP contribution >= 0.6 is 24.0 Å². The van der Waals surface area contributed by atoms with Gasteiger partial charge >= 0.3 is 0 Å². The monoisotopic (exact) mass is 265 g/mol. The molecule has 0 aliphatic carbocycles. The second-order valence-electron chi connectivity index (χ2n) is 3.14. The van der Waals surface area contributed by atoms with E-state index in [1.54, 1.807) is 0 Å². The number of nitrogens with zero attached hydrogens (tertiary/aromatic N) is 1. The van der Waals surface area contributed by atoms with Crippen LogP contribution in [0.25, 0.3) is 0 Å². The first-order chi connectivity index (χ1) is 7.06. The smallest absolute Gasteiger partial charge is 0.274 e. The second kappa shape index (κ2) is 6.65. The van der Waals surface area contributed by atoms with Crippen LogP contribution in [-0.2, 0) is 0 Å². The zero-order valence-corrected chi connectivity index (χ0v) is 10.0. The summed E-state index contributed by atoms with van der Waals surface area (Å²) in [6.07, 6.45) is 0.487. The lowest BCUT2D eigenvalue weighted by molar-refractivity contribution is -0.385. The van der Waals surface area contributed by atoms with E-state index in [0.717, 1.165) is 0 Å². The molecule has 0 saturated heterocycles. The van der Waals surface area contributed by atoms with Crippen LogP contribution in [0.3, 0.4) is 0 Å². The normalized spacial score (nSPS) is 11.7. The van der Waals surface area contributed by atoms with Gasteiger partial charge in [0.15, 0.2) is 0 Å². The van der Waals surface area contributed by atoms with Crippen LogP contribution in [0.4, 0.5) is 5.69 Å². The van der Waals surface area contributed by atoms with E-state index in [4.69, 9.17) is 23.1 Å². The van der Waals surface area contributed by atoms with Gasteiger partial charge in [0.05, 0.1) is 4.92 Å². The highest BCUT2D eigenvalue weighted by molar-refractivity contribution is 6.30. The SMILES string of the molecule is Cl.NCC[C@@H](N)c1cc(Cl)ccc1[N+](=O)[O-]. The average molecular weight is 266 g/mol. The Labute approximate surface area is 104 Å². The number of benzene rings is 1. The Balaban J connectivity index is 0.00000225. The molecular weight excluding hydrogens is 253 g/mol. The van der Waals surface area contributed by atoms with Gasteiger partial charge in [-0.25, -0.2) is 0 Å². The minimum absolute atomic E-state index is 0. The molecule has 0 heterocycles. The second-order valence-corrected chi connectivity index (χ2v) is 3.58. The molecule has 0 radical (unpaired) electrons. The van der Waals surface area contributed by atoms with Crippen molar-refractivity contribution in [1.29, 1.82) is 0 Å². The zero-order valence-electron chi connectivity index (χ0n) is 8.43. The zero-order chi connectivity index (χ0) is 11.4. The van der Waals surface area contributed by atoms with Crippen LogP contribution in [0.15, 0.2) is 18.2 Å². The maximum Gasteiger partial charge on any atom is 0.274 e. The largest absolute Gasteiger partial charge is 0.330 e. The van der Waals surface area contributed by atoms with Crippen LogP contribution in [0.1, 0.15) is 18.0 Å². The van der Waals surface area contributed by atoms with Crippen molar-refractivity contribution < 1.29 is 4.92 Å². The highest BCUT2D eigenvalue weighted by Gasteiger charge is 2.18. The average Bonchev–Trinajstić information content (AvgIpc) is 2.17. The molecule has 0 aliphatic rings. The molecule has 90 valence electrons. The number of nitro benzene ring substituents is 1. The van der Waals surface area contributed by atoms with E-state index < -0.39 is 11.0 Å². The van der Waals surface area contributed by atoms with Crippen molar-refractivity contribution in [1.82, 2.24) is 0 Å². The van der Waals surface area contributed by atoms with Crippen molar-refractivity contribution in [3.8, 4) is 0 Å². The maximum atomic E-state index is 10.7. The van der Waals surface area contributed by atoms with Gasteiger partial charge in [-0.05, 0) is 25.1 Å². The molecule has 1 rings (SSSR count). The number of nitro groups is 1. The third kappa shape index (κ3) is 3.61. The highest BCUT2D eigenvalue weighted by atomic mass is 35.5. The lowest BCUT2D eigenvalue weighted by atomic mass is 10.0. The van der Waals surface area contributed by atoms with E-state index in [1.165, 1.54) is 18.2 Å². The number of nitrogens with two attached hydrogens (primary N) is 2. The van der Waals surface area contributed by atoms with E-state index in [0.29, 0.717) is 23.6 Å². The van der Waals surface area contributed by atoms with E-state index in [9.17, 15) is 10.1 Å². The minimum atomic E-state index is -0.470. The molecule has 0 bridgehead atoms. The third-order valence-corrected chi connectivity index (χ3v) is 2.30. The van der Waals surface area contributed by atoms with Crippen molar-refractivity contribution in [3.05, 3.63) is 38.9 Å². The summed E-state index contributed by atoms with van der Waals surface area (Å²) in [4.78, 5) is 10.2. The fourth-order valence-corrected chi connectivity index (χ4v) is 1.50. The predicted molar refractivity (Wildman–Crippen MR) is 66.0 cm³/mol. The number of rotatable bonds is 4. The fraction of sp³-hybridized carbons (Fsp3) is 0.333. The van der Waals surface area contributed by atoms with Gasteiger partial charge in [0.25, 0.3) is 5.69 Å². The summed E-state index contributed by atoms with van der Waals surface area (Å²) in [5, 5.41) is 11.2. The molecule has 0 amide bonds. The Bertz CT molecular complexity index is 374. The molecule has 7 heteroatoms.